The van der Waals surface area contributed by atoms with Crippen LogP contribution in [0.2, 0.25) is 0 Å². The van der Waals surface area contributed by atoms with Crippen LogP contribution in [0.25, 0.3) is 5.69 Å². The Balaban J connectivity index is 1.81. The topological polar surface area (TPSA) is 74.8 Å². The van der Waals surface area contributed by atoms with Crippen LogP contribution in [0, 0.1) is 13.8 Å². The van der Waals surface area contributed by atoms with Gasteiger partial charge in [0.2, 0.25) is 0 Å². The summed E-state index contributed by atoms with van der Waals surface area (Å²) in [6.45, 7) is 4.34. The van der Waals surface area contributed by atoms with Gasteiger partial charge in [-0.2, -0.15) is 20.1 Å². The summed E-state index contributed by atoms with van der Waals surface area (Å²) in [4.78, 5) is 13.1. The minimum Gasteiger partial charge on any atom is -0.469 e. The number of aryl methyl sites for hydroxylation is 1. The molecule has 7 nitrogen and oxygen atoms in total. The van der Waals surface area contributed by atoms with Crippen LogP contribution < -0.4 is 0 Å². The largest absolute Gasteiger partial charge is 0.469 e. The number of esters is 1. The molecule has 0 amide bonds. The molecule has 0 unspecified atom stereocenters. The molecule has 2 aromatic heterocycles. The number of benzene rings is 1. The summed E-state index contributed by atoms with van der Waals surface area (Å²) in [6, 6.07) is 9.73. The molecular weight excluding hydrogens is 306 g/mol. The van der Waals surface area contributed by atoms with Gasteiger partial charge in [-0.25, -0.2) is 0 Å². The maximum absolute atomic E-state index is 11.5. The van der Waals surface area contributed by atoms with Gasteiger partial charge in [-0.15, -0.1) is 0 Å². The third-order valence-electron chi connectivity index (χ3n) is 3.92. The van der Waals surface area contributed by atoms with Crippen LogP contribution in [-0.4, -0.2) is 37.9 Å². The maximum Gasteiger partial charge on any atom is 0.310 e. The molecule has 24 heavy (non-hydrogen) atoms. The van der Waals surface area contributed by atoms with E-state index >= 15 is 0 Å². The average molecular weight is 325 g/mol. The Morgan fingerprint density at radius 3 is 2.62 bits per heavy atom. The van der Waals surface area contributed by atoms with E-state index < -0.39 is 0 Å². The average Bonchev–Trinajstić information content (AvgIpc) is 3.16. The molecule has 0 bridgehead atoms. The molecule has 1 aromatic carbocycles. The monoisotopic (exact) mass is 325 g/mol. The number of carbonyl (C=O) groups is 1. The van der Waals surface area contributed by atoms with Crippen LogP contribution in [-0.2, 0) is 22.5 Å². The Kier molecular flexibility index (Phi) is 4.41. The Bertz CT molecular complexity index is 851. The van der Waals surface area contributed by atoms with Crippen molar-refractivity contribution >= 4 is 5.97 Å². The molecule has 7 heteroatoms. The number of aromatic nitrogens is 5. The highest BCUT2D eigenvalue weighted by Crippen LogP contribution is 2.15. The van der Waals surface area contributed by atoms with Crippen molar-refractivity contribution in [1.82, 2.24) is 24.8 Å². The molecule has 0 saturated carbocycles. The molecule has 0 atom stereocenters. The van der Waals surface area contributed by atoms with Gasteiger partial charge in [-0.3, -0.25) is 9.48 Å². The lowest BCUT2D eigenvalue weighted by Crippen LogP contribution is -2.08. The van der Waals surface area contributed by atoms with E-state index in [1.165, 1.54) is 7.11 Å². The van der Waals surface area contributed by atoms with E-state index in [2.05, 4.69) is 15.3 Å². The van der Waals surface area contributed by atoms with E-state index in [1.54, 1.807) is 11.0 Å². The lowest BCUT2D eigenvalue weighted by atomic mass is 10.1. The zero-order chi connectivity index (χ0) is 17.1. The smallest absolute Gasteiger partial charge is 0.310 e. The van der Waals surface area contributed by atoms with Crippen molar-refractivity contribution in [2.45, 2.75) is 26.8 Å². The summed E-state index contributed by atoms with van der Waals surface area (Å²) in [5, 5.41) is 13.3. The molecule has 0 saturated heterocycles. The number of para-hydroxylation sites is 1. The second-order valence-electron chi connectivity index (χ2n) is 5.52. The molecule has 2 heterocycles. The van der Waals surface area contributed by atoms with Crippen molar-refractivity contribution in [3.8, 4) is 5.69 Å². The number of methoxy groups -OCH3 is 1. The van der Waals surface area contributed by atoms with Crippen molar-refractivity contribution in [1.29, 1.82) is 0 Å². The highest BCUT2D eigenvalue weighted by atomic mass is 16.5. The standard InChI is InChI=1S/C17H19N5O2/c1-12-16(9-17(23)24-3)13(2)21(19-12)11-14-10-18-22(20-14)15-7-5-4-6-8-15/h4-8,10H,9,11H2,1-3H3. The van der Waals surface area contributed by atoms with Crippen molar-refractivity contribution < 1.29 is 9.53 Å². The van der Waals surface area contributed by atoms with Gasteiger partial charge in [0, 0.05) is 11.3 Å². The van der Waals surface area contributed by atoms with E-state index in [4.69, 9.17) is 4.74 Å². The number of hydrogen-bond donors (Lipinski definition) is 0. The molecule has 0 spiro atoms. The fourth-order valence-electron chi connectivity index (χ4n) is 2.57. The van der Waals surface area contributed by atoms with E-state index in [-0.39, 0.29) is 12.4 Å². The number of rotatable bonds is 5. The van der Waals surface area contributed by atoms with Crippen LogP contribution in [0.3, 0.4) is 0 Å². The summed E-state index contributed by atoms with van der Waals surface area (Å²) in [7, 11) is 1.39. The quantitative estimate of drug-likeness (QED) is 0.669. The molecule has 0 N–H and O–H groups in total. The van der Waals surface area contributed by atoms with E-state index in [0.29, 0.717) is 6.54 Å². The SMILES string of the molecule is COC(=O)Cc1c(C)nn(Cc2cnn(-c3ccccc3)n2)c1C. The molecule has 0 aliphatic heterocycles. The maximum atomic E-state index is 11.5. The first-order chi connectivity index (χ1) is 11.6. The molecule has 0 aliphatic rings. The predicted octanol–water partition coefficient (Wildman–Crippen LogP) is 1.84. The van der Waals surface area contributed by atoms with Gasteiger partial charge in [0.15, 0.2) is 0 Å². The van der Waals surface area contributed by atoms with Crippen LogP contribution >= 0.6 is 0 Å². The van der Waals surface area contributed by atoms with Crippen LogP contribution in [0.15, 0.2) is 36.5 Å². The minimum absolute atomic E-state index is 0.227. The number of ether oxygens (including phenoxy) is 1. The first-order valence-corrected chi connectivity index (χ1v) is 7.65. The number of nitrogens with zero attached hydrogens (tertiary/aromatic N) is 5. The normalized spacial score (nSPS) is 10.8. The molecule has 0 fully saturated rings. The van der Waals surface area contributed by atoms with E-state index in [0.717, 1.165) is 28.3 Å². The van der Waals surface area contributed by atoms with E-state index in [9.17, 15) is 4.79 Å². The zero-order valence-electron chi connectivity index (χ0n) is 13.9. The third-order valence-corrected chi connectivity index (χ3v) is 3.92. The third kappa shape index (κ3) is 3.19. The Labute approximate surface area is 139 Å². The van der Waals surface area contributed by atoms with Crippen LogP contribution in [0.1, 0.15) is 22.6 Å². The zero-order valence-corrected chi connectivity index (χ0v) is 13.9. The van der Waals surface area contributed by atoms with Gasteiger partial charge in [0.1, 0.15) is 5.69 Å². The van der Waals surface area contributed by atoms with Gasteiger partial charge < -0.3 is 4.74 Å². The first-order valence-electron chi connectivity index (χ1n) is 7.65. The summed E-state index contributed by atoms with van der Waals surface area (Å²) in [5.41, 5.74) is 4.37. The molecule has 3 rings (SSSR count). The highest BCUT2D eigenvalue weighted by Gasteiger charge is 2.16. The van der Waals surface area contributed by atoms with E-state index in [1.807, 2.05) is 48.9 Å². The predicted molar refractivity (Wildman–Crippen MR) is 87.9 cm³/mol. The summed E-state index contributed by atoms with van der Waals surface area (Å²) >= 11 is 0. The molecule has 0 radical (unpaired) electrons. The van der Waals surface area contributed by atoms with Gasteiger partial charge in [-0.1, -0.05) is 18.2 Å². The van der Waals surface area contributed by atoms with Crippen molar-refractivity contribution in [2.75, 3.05) is 7.11 Å². The Morgan fingerprint density at radius 1 is 1.17 bits per heavy atom. The van der Waals surface area contributed by atoms with Crippen molar-refractivity contribution in [3.63, 3.8) is 0 Å². The van der Waals surface area contributed by atoms with Crippen molar-refractivity contribution in [3.05, 3.63) is 59.2 Å². The minimum atomic E-state index is -0.268. The fourth-order valence-corrected chi connectivity index (χ4v) is 2.57. The second-order valence-corrected chi connectivity index (χ2v) is 5.52. The van der Waals surface area contributed by atoms with Gasteiger partial charge in [-0.05, 0) is 26.0 Å². The fraction of sp³-hybridized carbons (Fsp3) is 0.294. The lowest BCUT2D eigenvalue weighted by molar-refractivity contribution is -0.139. The number of carbonyl (C=O) groups excluding carboxylic acids is 1. The molecule has 3 aromatic rings. The molecular formula is C17H19N5O2. The summed E-state index contributed by atoms with van der Waals surface area (Å²) in [6.07, 6.45) is 1.95. The summed E-state index contributed by atoms with van der Waals surface area (Å²) < 4.78 is 6.58. The van der Waals surface area contributed by atoms with Gasteiger partial charge >= 0.3 is 5.97 Å². The Morgan fingerprint density at radius 2 is 1.92 bits per heavy atom. The Hall–Kier alpha value is -2.96. The second kappa shape index (κ2) is 6.66. The summed E-state index contributed by atoms with van der Waals surface area (Å²) in [5.74, 6) is -0.268. The highest BCUT2D eigenvalue weighted by molar-refractivity contribution is 5.73. The van der Waals surface area contributed by atoms with Gasteiger partial charge in [0.05, 0.1) is 37.7 Å². The number of hydrogen-bond acceptors (Lipinski definition) is 5. The van der Waals surface area contributed by atoms with Crippen LogP contribution in [0.4, 0.5) is 0 Å². The molecule has 0 aliphatic carbocycles. The molecule has 124 valence electrons. The first kappa shape index (κ1) is 15.9. The lowest BCUT2D eigenvalue weighted by Gasteiger charge is -2.03. The van der Waals surface area contributed by atoms with Gasteiger partial charge in [0.25, 0.3) is 0 Å². The van der Waals surface area contributed by atoms with Crippen LogP contribution in [0.5, 0.6) is 0 Å². The van der Waals surface area contributed by atoms with Crippen molar-refractivity contribution in [2.24, 2.45) is 0 Å².